The maximum absolute atomic E-state index is 10.5. The van der Waals surface area contributed by atoms with E-state index < -0.39 is 6.16 Å². The highest BCUT2D eigenvalue weighted by Gasteiger charge is 1.98. The minimum absolute atomic E-state index is 0.00355. The molecule has 0 aliphatic carbocycles. The van der Waals surface area contributed by atoms with Gasteiger partial charge in [0, 0.05) is 6.61 Å². The summed E-state index contributed by atoms with van der Waals surface area (Å²) in [6, 6.07) is 0. The Morgan fingerprint density at radius 3 is 2.05 bits per heavy atom. The maximum atomic E-state index is 10.5. The molecular formula is C13H26O7. The van der Waals surface area contributed by atoms with Gasteiger partial charge in [-0.2, -0.15) is 0 Å². The predicted molar refractivity (Wildman–Crippen MR) is 72.6 cm³/mol. The second-order valence-corrected chi connectivity index (χ2v) is 3.48. The number of esters is 1. The van der Waals surface area contributed by atoms with Crippen LogP contribution in [0.4, 0.5) is 4.79 Å². The lowest BCUT2D eigenvalue weighted by Gasteiger charge is -2.01. The smallest absolute Gasteiger partial charge is 0.467 e. The monoisotopic (exact) mass is 294 g/mol. The molecule has 0 saturated carbocycles. The molecule has 0 atom stereocenters. The molecule has 7 nitrogen and oxygen atoms in total. The highest BCUT2D eigenvalue weighted by molar-refractivity contribution is 5.70. The fraction of sp³-hybridized carbons (Fsp3) is 0.846. The zero-order valence-electron chi connectivity index (χ0n) is 12.8. The quantitative estimate of drug-likeness (QED) is 0.473. The molecule has 0 bridgehead atoms. The first kappa shape index (κ1) is 21.0. The van der Waals surface area contributed by atoms with Gasteiger partial charge in [-0.15, -0.1) is 0 Å². The van der Waals surface area contributed by atoms with Gasteiger partial charge >= 0.3 is 12.1 Å². The van der Waals surface area contributed by atoms with Crippen LogP contribution in [-0.2, 0) is 28.5 Å². The van der Waals surface area contributed by atoms with E-state index in [0.717, 1.165) is 12.8 Å². The second-order valence-electron chi connectivity index (χ2n) is 3.48. The molecule has 0 rings (SSSR count). The van der Waals surface area contributed by atoms with E-state index in [0.29, 0.717) is 26.4 Å². The van der Waals surface area contributed by atoms with Crippen LogP contribution in [0.25, 0.3) is 0 Å². The summed E-state index contributed by atoms with van der Waals surface area (Å²) in [7, 11) is 2.63. The fourth-order valence-electron chi connectivity index (χ4n) is 0.835. The first-order valence-corrected chi connectivity index (χ1v) is 6.55. The van der Waals surface area contributed by atoms with E-state index in [1.54, 1.807) is 0 Å². The van der Waals surface area contributed by atoms with Crippen LogP contribution in [0.3, 0.4) is 0 Å². The SMILES string of the molecule is CCCCOC(=O)OC.CCOCCOCC(=O)OC. The Morgan fingerprint density at radius 1 is 0.900 bits per heavy atom. The summed E-state index contributed by atoms with van der Waals surface area (Å²) in [5, 5.41) is 0. The first-order chi connectivity index (χ1) is 9.62. The molecule has 0 aliphatic rings. The molecule has 120 valence electrons. The van der Waals surface area contributed by atoms with Crippen molar-refractivity contribution in [2.24, 2.45) is 0 Å². The van der Waals surface area contributed by atoms with E-state index in [4.69, 9.17) is 9.47 Å². The van der Waals surface area contributed by atoms with Crippen LogP contribution in [-0.4, -0.2) is 59.4 Å². The molecule has 0 aromatic carbocycles. The van der Waals surface area contributed by atoms with Crippen LogP contribution in [0.1, 0.15) is 26.7 Å². The van der Waals surface area contributed by atoms with Crippen LogP contribution in [0.15, 0.2) is 0 Å². The second kappa shape index (κ2) is 17.7. The van der Waals surface area contributed by atoms with Gasteiger partial charge in [0.15, 0.2) is 0 Å². The van der Waals surface area contributed by atoms with E-state index in [2.05, 4.69) is 14.2 Å². The van der Waals surface area contributed by atoms with Crippen molar-refractivity contribution in [3.8, 4) is 0 Å². The Hall–Kier alpha value is -1.34. The minimum atomic E-state index is -0.594. The largest absolute Gasteiger partial charge is 0.507 e. The average Bonchev–Trinajstić information content (AvgIpc) is 2.47. The Balaban J connectivity index is 0. The molecule has 20 heavy (non-hydrogen) atoms. The first-order valence-electron chi connectivity index (χ1n) is 6.55. The summed E-state index contributed by atoms with van der Waals surface area (Å²) in [4.78, 5) is 20.7. The summed E-state index contributed by atoms with van der Waals surface area (Å²) >= 11 is 0. The molecule has 0 saturated heterocycles. The van der Waals surface area contributed by atoms with Gasteiger partial charge in [-0.05, 0) is 13.3 Å². The van der Waals surface area contributed by atoms with Gasteiger partial charge in [-0.25, -0.2) is 9.59 Å². The normalized spacial score (nSPS) is 9.20. The number of hydrogen-bond acceptors (Lipinski definition) is 7. The van der Waals surface area contributed by atoms with E-state index in [-0.39, 0.29) is 12.6 Å². The van der Waals surface area contributed by atoms with Crippen molar-refractivity contribution in [1.82, 2.24) is 0 Å². The lowest BCUT2D eigenvalue weighted by Crippen LogP contribution is -2.13. The van der Waals surface area contributed by atoms with Crippen molar-refractivity contribution < 1.29 is 33.3 Å². The molecule has 0 aliphatic heterocycles. The van der Waals surface area contributed by atoms with Crippen LogP contribution in [0.5, 0.6) is 0 Å². The van der Waals surface area contributed by atoms with Crippen LogP contribution < -0.4 is 0 Å². The number of unbranched alkanes of at least 4 members (excludes halogenated alkanes) is 1. The van der Waals surface area contributed by atoms with Crippen molar-refractivity contribution in [3.05, 3.63) is 0 Å². The van der Waals surface area contributed by atoms with Crippen molar-refractivity contribution >= 4 is 12.1 Å². The summed E-state index contributed by atoms with van der Waals surface area (Å²) in [6.07, 6.45) is 1.33. The third-order valence-electron chi connectivity index (χ3n) is 1.91. The molecule has 0 radical (unpaired) electrons. The molecular weight excluding hydrogens is 268 g/mol. The number of carbonyl (C=O) groups is 2. The Labute approximate surface area is 120 Å². The summed E-state index contributed by atoms with van der Waals surface area (Å²) < 4.78 is 23.0. The van der Waals surface area contributed by atoms with Gasteiger partial charge in [0.25, 0.3) is 0 Å². The van der Waals surface area contributed by atoms with Gasteiger partial charge in [0.1, 0.15) is 6.61 Å². The van der Waals surface area contributed by atoms with Gasteiger partial charge in [0.05, 0.1) is 34.0 Å². The maximum Gasteiger partial charge on any atom is 0.507 e. The van der Waals surface area contributed by atoms with Gasteiger partial charge in [0.2, 0.25) is 0 Å². The van der Waals surface area contributed by atoms with Gasteiger partial charge in [-0.1, -0.05) is 13.3 Å². The minimum Gasteiger partial charge on any atom is -0.467 e. The average molecular weight is 294 g/mol. The van der Waals surface area contributed by atoms with Gasteiger partial charge < -0.3 is 23.7 Å². The van der Waals surface area contributed by atoms with E-state index in [9.17, 15) is 9.59 Å². The molecule has 0 aromatic rings. The summed E-state index contributed by atoms with van der Waals surface area (Å²) in [5.41, 5.74) is 0. The van der Waals surface area contributed by atoms with Crippen LogP contribution in [0, 0.1) is 0 Å². The molecule has 0 spiro atoms. The molecule has 0 N–H and O–H groups in total. The Morgan fingerprint density at radius 2 is 1.55 bits per heavy atom. The van der Waals surface area contributed by atoms with Crippen LogP contribution in [0.2, 0.25) is 0 Å². The number of rotatable bonds is 9. The highest BCUT2D eigenvalue weighted by atomic mass is 16.7. The summed E-state index contributed by atoms with van der Waals surface area (Å²) in [5.74, 6) is -0.360. The third-order valence-corrected chi connectivity index (χ3v) is 1.91. The molecule has 0 aromatic heterocycles. The fourth-order valence-corrected chi connectivity index (χ4v) is 0.835. The zero-order valence-corrected chi connectivity index (χ0v) is 12.8. The molecule has 0 fully saturated rings. The number of methoxy groups -OCH3 is 2. The third kappa shape index (κ3) is 19.0. The standard InChI is InChI=1S/C7H14O4.C6H12O3/c1-3-10-4-5-11-6-7(8)9-2;1-3-4-5-9-6(7)8-2/h3-6H2,1-2H3;3-5H2,1-2H3. The van der Waals surface area contributed by atoms with Crippen LogP contribution >= 0.6 is 0 Å². The molecule has 0 unspecified atom stereocenters. The highest BCUT2D eigenvalue weighted by Crippen LogP contribution is 1.89. The number of hydrogen-bond donors (Lipinski definition) is 0. The van der Waals surface area contributed by atoms with Crippen molar-refractivity contribution in [2.75, 3.05) is 47.3 Å². The predicted octanol–water partition coefficient (Wildman–Crippen LogP) is 1.78. The van der Waals surface area contributed by atoms with E-state index in [1.165, 1.54) is 14.2 Å². The lowest BCUT2D eigenvalue weighted by molar-refractivity contribution is -0.146. The molecule has 0 heterocycles. The van der Waals surface area contributed by atoms with Crippen molar-refractivity contribution in [1.29, 1.82) is 0 Å². The molecule has 0 amide bonds. The summed E-state index contributed by atoms with van der Waals surface area (Å²) in [6.45, 7) is 6.02. The zero-order chi connectivity index (χ0) is 15.6. The van der Waals surface area contributed by atoms with Gasteiger partial charge in [-0.3, -0.25) is 0 Å². The lowest BCUT2D eigenvalue weighted by atomic mass is 10.4. The van der Waals surface area contributed by atoms with Crippen molar-refractivity contribution in [3.63, 3.8) is 0 Å². The topological polar surface area (TPSA) is 80.3 Å². The van der Waals surface area contributed by atoms with E-state index >= 15 is 0 Å². The van der Waals surface area contributed by atoms with Crippen molar-refractivity contribution in [2.45, 2.75) is 26.7 Å². The molecule has 7 heteroatoms. The number of carbonyl (C=O) groups excluding carboxylic acids is 2. The Kier molecular flexibility index (Phi) is 18.5. The number of ether oxygens (including phenoxy) is 5. The Bertz CT molecular complexity index is 231. The van der Waals surface area contributed by atoms with E-state index in [1.807, 2.05) is 13.8 Å².